The van der Waals surface area contributed by atoms with Gasteiger partial charge in [0.15, 0.2) is 0 Å². The summed E-state index contributed by atoms with van der Waals surface area (Å²) in [6.07, 6.45) is 1.65. The Hall–Kier alpha value is -0.910. The number of anilines is 1. The molecule has 0 saturated carbocycles. The third-order valence-corrected chi connectivity index (χ3v) is 3.77. The SMILES string of the molecule is Cc1ccc(Cl)cc1NC(=O)CNC(C)CS(C)=O. The normalized spacial score (nSPS) is 13.9. The average Bonchev–Trinajstić information content (AvgIpc) is 2.30. The summed E-state index contributed by atoms with van der Waals surface area (Å²) in [6, 6.07) is 5.40. The molecule has 4 nitrogen and oxygen atoms in total. The van der Waals surface area contributed by atoms with Crippen LogP contribution in [-0.2, 0) is 15.6 Å². The van der Waals surface area contributed by atoms with Crippen LogP contribution < -0.4 is 10.6 Å². The molecular formula is C13H19ClN2O2S. The summed E-state index contributed by atoms with van der Waals surface area (Å²) in [7, 11) is -0.867. The van der Waals surface area contributed by atoms with E-state index in [1.807, 2.05) is 19.9 Å². The fourth-order valence-corrected chi connectivity index (χ4v) is 2.60. The molecule has 0 radical (unpaired) electrons. The van der Waals surface area contributed by atoms with E-state index in [-0.39, 0.29) is 18.5 Å². The van der Waals surface area contributed by atoms with Crippen molar-refractivity contribution >= 4 is 34.0 Å². The van der Waals surface area contributed by atoms with Crippen LogP contribution in [0.25, 0.3) is 0 Å². The number of carbonyl (C=O) groups is 1. The van der Waals surface area contributed by atoms with Gasteiger partial charge in [0.1, 0.15) is 0 Å². The molecule has 0 saturated heterocycles. The van der Waals surface area contributed by atoms with Crippen LogP contribution in [0.3, 0.4) is 0 Å². The van der Waals surface area contributed by atoms with Gasteiger partial charge in [0.2, 0.25) is 5.91 Å². The van der Waals surface area contributed by atoms with Crippen molar-refractivity contribution < 1.29 is 9.00 Å². The molecule has 0 heterocycles. The van der Waals surface area contributed by atoms with Gasteiger partial charge in [-0.1, -0.05) is 17.7 Å². The van der Waals surface area contributed by atoms with Gasteiger partial charge in [-0.25, -0.2) is 0 Å². The molecule has 0 fully saturated rings. The van der Waals surface area contributed by atoms with E-state index in [9.17, 15) is 9.00 Å². The molecular weight excluding hydrogens is 284 g/mol. The molecule has 1 aromatic carbocycles. The zero-order valence-corrected chi connectivity index (χ0v) is 12.9. The quantitative estimate of drug-likeness (QED) is 0.844. The standard InChI is InChI=1S/C13H19ClN2O2S/c1-9-4-5-11(14)6-12(9)16-13(17)7-15-10(2)8-19(3)18/h4-6,10,15H,7-8H2,1-3H3,(H,16,17). The summed E-state index contributed by atoms with van der Waals surface area (Å²) >= 11 is 5.88. The number of rotatable bonds is 6. The molecule has 1 aromatic rings. The van der Waals surface area contributed by atoms with Gasteiger partial charge in [-0.3, -0.25) is 9.00 Å². The van der Waals surface area contributed by atoms with Gasteiger partial charge < -0.3 is 10.6 Å². The van der Waals surface area contributed by atoms with E-state index in [4.69, 9.17) is 11.6 Å². The van der Waals surface area contributed by atoms with E-state index >= 15 is 0 Å². The highest BCUT2D eigenvalue weighted by molar-refractivity contribution is 7.84. The number of carbonyl (C=O) groups excluding carboxylic acids is 1. The van der Waals surface area contributed by atoms with Crippen molar-refractivity contribution in [3.8, 4) is 0 Å². The second kappa shape index (κ2) is 7.62. The Kier molecular flexibility index (Phi) is 6.48. The van der Waals surface area contributed by atoms with Crippen molar-refractivity contribution in [2.24, 2.45) is 0 Å². The minimum atomic E-state index is -0.867. The number of aryl methyl sites for hydroxylation is 1. The van der Waals surface area contributed by atoms with Crippen LogP contribution in [0, 0.1) is 6.92 Å². The topological polar surface area (TPSA) is 58.2 Å². The molecule has 2 N–H and O–H groups in total. The van der Waals surface area contributed by atoms with Gasteiger partial charge in [0.05, 0.1) is 6.54 Å². The van der Waals surface area contributed by atoms with Gasteiger partial charge in [0.25, 0.3) is 0 Å². The number of halogens is 1. The molecule has 19 heavy (non-hydrogen) atoms. The van der Waals surface area contributed by atoms with E-state index in [1.54, 1.807) is 18.4 Å². The summed E-state index contributed by atoms with van der Waals surface area (Å²) < 4.78 is 11.0. The first-order chi connectivity index (χ1) is 8.88. The first-order valence-electron chi connectivity index (χ1n) is 5.98. The fourth-order valence-electron chi connectivity index (χ4n) is 1.60. The van der Waals surface area contributed by atoms with Crippen LogP contribution in [0.1, 0.15) is 12.5 Å². The number of benzene rings is 1. The Labute approximate surface area is 121 Å². The predicted octanol–water partition coefficient (Wildman–Crippen LogP) is 1.94. The summed E-state index contributed by atoms with van der Waals surface area (Å²) in [5, 5.41) is 6.41. The number of hydrogen-bond acceptors (Lipinski definition) is 3. The molecule has 0 bridgehead atoms. The Bertz CT molecular complexity index is 480. The minimum Gasteiger partial charge on any atom is -0.325 e. The van der Waals surface area contributed by atoms with Crippen LogP contribution in [0.15, 0.2) is 18.2 Å². The van der Waals surface area contributed by atoms with Crippen molar-refractivity contribution in [1.82, 2.24) is 5.32 Å². The first-order valence-corrected chi connectivity index (χ1v) is 8.08. The average molecular weight is 303 g/mol. The second-order valence-electron chi connectivity index (χ2n) is 4.53. The van der Waals surface area contributed by atoms with Crippen LogP contribution in [-0.4, -0.2) is 34.7 Å². The molecule has 1 rings (SSSR count). The van der Waals surface area contributed by atoms with Crippen molar-refractivity contribution in [2.45, 2.75) is 19.9 Å². The monoisotopic (exact) mass is 302 g/mol. The molecule has 1 amide bonds. The zero-order valence-electron chi connectivity index (χ0n) is 11.3. The molecule has 0 aliphatic rings. The summed E-state index contributed by atoms with van der Waals surface area (Å²) in [6.45, 7) is 3.99. The number of nitrogens with one attached hydrogen (secondary N) is 2. The molecule has 2 atom stereocenters. The molecule has 0 aromatic heterocycles. The summed E-state index contributed by atoms with van der Waals surface area (Å²) in [5.41, 5.74) is 1.67. The maximum absolute atomic E-state index is 11.8. The lowest BCUT2D eigenvalue weighted by Gasteiger charge is -2.13. The summed E-state index contributed by atoms with van der Waals surface area (Å²) in [4.78, 5) is 11.8. The smallest absolute Gasteiger partial charge is 0.238 e. The lowest BCUT2D eigenvalue weighted by molar-refractivity contribution is -0.115. The zero-order chi connectivity index (χ0) is 14.4. The second-order valence-corrected chi connectivity index (χ2v) is 6.45. The lowest BCUT2D eigenvalue weighted by Crippen LogP contribution is -2.37. The van der Waals surface area contributed by atoms with Crippen molar-refractivity contribution in [3.63, 3.8) is 0 Å². The maximum Gasteiger partial charge on any atom is 0.238 e. The fraction of sp³-hybridized carbons (Fsp3) is 0.462. The van der Waals surface area contributed by atoms with E-state index in [2.05, 4.69) is 10.6 Å². The largest absolute Gasteiger partial charge is 0.325 e. The van der Waals surface area contributed by atoms with Crippen molar-refractivity contribution in [2.75, 3.05) is 23.9 Å². The van der Waals surface area contributed by atoms with Crippen LogP contribution in [0.2, 0.25) is 5.02 Å². The first kappa shape index (κ1) is 16.1. The number of amides is 1. The van der Waals surface area contributed by atoms with E-state index in [1.165, 1.54) is 0 Å². The minimum absolute atomic E-state index is 0.0389. The third-order valence-electron chi connectivity index (χ3n) is 2.57. The Morgan fingerprint density at radius 3 is 2.79 bits per heavy atom. The Morgan fingerprint density at radius 1 is 1.47 bits per heavy atom. The van der Waals surface area contributed by atoms with Gasteiger partial charge in [-0.2, -0.15) is 0 Å². The lowest BCUT2D eigenvalue weighted by atomic mass is 10.2. The van der Waals surface area contributed by atoms with E-state index < -0.39 is 10.8 Å². The van der Waals surface area contributed by atoms with Gasteiger partial charge in [0, 0.05) is 39.6 Å². The van der Waals surface area contributed by atoms with Gasteiger partial charge in [-0.05, 0) is 31.5 Å². The van der Waals surface area contributed by atoms with Crippen LogP contribution >= 0.6 is 11.6 Å². The highest BCUT2D eigenvalue weighted by Gasteiger charge is 2.08. The van der Waals surface area contributed by atoms with Gasteiger partial charge in [-0.15, -0.1) is 0 Å². The van der Waals surface area contributed by atoms with Crippen LogP contribution in [0.5, 0.6) is 0 Å². The molecule has 2 unspecified atom stereocenters. The molecule has 0 spiro atoms. The molecule has 0 aliphatic carbocycles. The van der Waals surface area contributed by atoms with Gasteiger partial charge >= 0.3 is 0 Å². The van der Waals surface area contributed by atoms with E-state index in [0.29, 0.717) is 16.5 Å². The maximum atomic E-state index is 11.8. The molecule has 0 aliphatic heterocycles. The highest BCUT2D eigenvalue weighted by Crippen LogP contribution is 2.19. The number of hydrogen-bond donors (Lipinski definition) is 2. The molecule has 6 heteroatoms. The predicted molar refractivity (Wildman–Crippen MR) is 81.2 cm³/mol. The molecule has 106 valence electrons. The van der Waals surface area contributed by atoms with Crippen LogP contribution in [0.4, 0.5) is 5.69 Å². The third kappa shape index (κ3) is 6.18. The van der Waals surface area contributed by atoms with E-state index in [0.717, 1.165) is 5.56 Å². The Morgan fingerprint density at radius 2 is 2.16 bits per heavy atom. The summed E-state index contributed by atoms with van der Waals surface area (Å²) in [5.74, 6) is 0.392. The van der Waals surface area contributed by atoms with Crippen molar-refractivity contribution in [3.05, 3.63) is 28.8 Å². The highest BCUT2D eigenvalue weighted by atomic mass is 35.5. The Balaban J connectivity index is 2.47. The van der Waals surface area contributed by atoms with Crippen molar-refractivity contribution in [1.29, 1.82) is 0 Å².